The van der Waals surface area contributed by atoms with E-state index < -0.39 is 0 Å². The molecule has 1 aliphatic heterocycles. The van der Waals surface area contributed by atoms with Crippen molar-refractivity contribution < 1.29 is 14.4 Å². The Hall–Kier alpha value is -1.95. The van der Waals surface area contributed by atoms with Gasteiger partial charge in [0.25, 0.3) is 0 Å². The first kappa shape index (κ1) is 16.2. The number of imide groups is 1. The highest BCUT2D eigenvalue weighted by molar-refractivity contribution is 9.10. The number of nitrogens with zero attached hydrogens (tertiary/aromatic N) is 1. The molecule has 6 rings (SSSR count). The van der Waals surface area contributed by atoms with Gasteiger partial charge in [0.15, 0.2) is 0 Å². The van der Waals surface area contributed by atoms with Crippen LogP contribution in [-0.2, 0) is 14.4 Å². The lowest BCUT2D eigenvalue weighted by Crippen LogP contribution is -2.40. The van der Waals surface area contributed by atoms with Gasteiger partial charge in [0, 0.05) is 23.1 Å². The molecular weight excluding hydrogens is 396 g/mol. The van der Waals surface area contributed by atoms with E-state index >= 15 is 0 Å². The summed E-state index contributed by atoms with van der Waals surface area (Å²) in [4.78, 5) is 39.2. The highest BCUT2D eigenvalue weighted by Crippen LogP contribution is 2.65. The van der Waals surface area contributed by atoms with E-state index in [0.717, 1.165) is 10.9 Å². The highest BCUT2D eigenvalue weighted by atomic mass is 79.9. The second kappa shape index (κ2) is 5.78. The number of allylic oxidation sites excluding steroid dienone is 2. The predicted octanol–water partition coefficient (Wildman–Crippen LogP) is 2.83. The Morgan fingerprint density at radius 1 is 1.04 bits per heavy atom. The molecule has 1 saturated heterocycles. The van der Waals surface area contributed by atoms with E-state index in [1.54, 1.807) is 12.1 Å². The van der Waals surface area contributed by atoms with Gasteiger partial charge in [-0.25, -0.2) is 0 Å². The lowest BCUT2D eigenvalue weighted by molar-refractivity contribution is -0.140. The summed E-state index contributed by atoms with van der Waals surface area (Å²) in [5.74, 6) is 0.967. The summed E-state index contributed by atoms with van der Waals surface area (Å²) < 4.78 is 0.938. The number of likely N-dealkylation sites (tertiary alicyclic amines) is 1. The SMILES string of the molecule is O=C(CCN1C(=O)[C@H]2[C@@H]3C=C[C@@H]([C@H]4C[C@H]34)[C@@H]2C1=O)Nc1ccc(Br)cc1. The van der Waals surface area contributed by atoms with E-state index in [2.05, 4.69) is 33.4 Å². The van der Waals surface area contributed by atoms with Crippen molar-refractivity contribution in [3.63, 3.8) is 0 Å². The molecule has 26 heavy (non-hydrogen) atoms. The van der Waals surface area contributed by atoms with Gasteiger partial charge in [-0.1, -0.05) is 28.1 Å². The van der Waals surface area contributed by atoms with Crippen molar-refractivity contribution in [3.8, 4) is 0 Å². The minimum Gasteiger partial charge on any atom is -0.326 e. The Labute approximate surface area is 159 Å². The van der Waals surface area contributed by atoms with Gasteiger partial charge in [0.2, 0.25) is 17.7 Å². The van der Waals surface area contributed by atoms with Gasteiger partial charge >= 0.3 is 0 Å². The fraction of sp³-hybridized carbons (Fsp3) is 0.450. The lowest BCUT2D eigenvalue weighted by atomic mass is 9.63. The minimum atomic E-state index is -0.188. The summed E-state index contributed by atoms with van der Waals surface area (Å²) >= 11 is 3.35. The maximum atomic E-state index is 12.8. The van der Waals surface area contributed by atoms with Gasteiger partial charge in [-0.2, -0.15) is 0 Å². The zero-order chi connectivity index (χ0) is 18.0. The van der Waals surface area contributed by atoms with E-state index in [-0.39, 0.29) is 54.4 Å². The maximum absolute atomic E-state index is 12.8. The third-order valence-corrected chi connectivity index (χ3v) is 6.97. The van der Waals surface area contributed by atoms with Gasteiger partial charge in [0.1, 0.15) is 0 Å². The van der Waals surface area contributed by atoms with Crippen LogP contribution in [-0.4, -0.2) is 29.2 Å². The average Bonchev–Trinajstić information content (AvgIpc) is 3.41. The van der Waals surface area contributed by atoms with Gasteiger partial charge in [-0.05, 0) is 54.4 Å². The number of benzene rings is 1. The van der Waals surface area contributed by atoms with Crippen LogP contribution in [0.4, 0.5) is 5.69 Å². The molecule has 2 saturated carbocycles. The van der Waals surface area contributed by atoms with Crippen LogP contribution in [0, 0.1) is 35.5 Å². The number of halogens is 1. The normalized spacial score (nSPS) is 36.1. The molecule has 4 aliphatic carbocycles. The van der Waals surface area contributed by atoms with Crippen LogP contribution >= 0.6 is 15.9 Å². The molecule has 6 atom stereocenters. The Balaban J connectivity index is 1.24. The molecule has 2 bridgehead atoms. The summed E-state index contributed by atoms with van der Waals surface area (Å²) in [6.07, 6.45) is 5.61. The molecule has 1 heterocycles. The van der Waals surface area contributed by atoms with Crippen molar-refractivity contribution >= 4 is 39.3 Å². The largest absolute Gasteiger partial charge is 0.326 e. The first-order valence-electron chi connectivity index (χ1n) is 9.13. The standard InChI is InChI=1S/C20H19BrN2O3/c21-10-1-3-11(4-2-10)22-16(24)7-8-23-19(25)17-12-5-6-13(15-9-14(12)15)18(17)20(23)26/h1-6,12-15,17-18H,7-9H2,(H,22,24)/t12-,13+,14-,15-,17+,18+/m1/s1. The van der Waals surface area contributed by atoms with E-state index in [4.69, 9.17) is 0 Å². The second-order valence-electron chi connectivity index (χ2n) is 7.79. The third-order valence-electron chi connectivity index (χ3n) is 6.44. The zero-order valence-corrected chi connectivity index (χ0v) is 15.7. The molecule has 0 radical (unpaired) electrons. The molecule has 0 spiro atoms. The highest BCUT2D eigenvalue weighted by Gasteiger charge is 2.66. The van der Waals surface area contributed by atoms with E-state index in [0.29, 0.717) is 17.5 Å². The summed E-state index contributed by atoms with van der Waals surface area (Å²) in [6, 6.07) is 7.31. The Kier molecular flexibility index (Phi) is 3.61. The quantitative estimate of drug-likeness (QED) is 0.608. The molecule has 0 unspecified atom stereocenters. The van der Waals surface area contributed by atoms with Crippen LogP contribution in [0.2, 0.25) is 0 Å². The summed E-state index contributed by atoms with van der Waals surface area (Å²) in [7, 11) is 0. The van der Waals surface area contributed by atoms with Crippen LogP contribution in [0.15, 0.2) is 40.9 Å². The smallest absolute Gasteiger partial charge is 0.233 e. The van der Waals surface area contributed by atoms with E-state index in [1.807, 2.05) is 12.1 Å². The molecule has 134 valence electrons. The summed E-state index contributed by atoms with van der Waals surface area (Å²) in [5, 5.41) is 2.81. The van der Waals surface area contributed by atoms with Crippen molar-refractivity contribution in [2.45, 2.75) is 12.8 Å². The molecule has 1 aromatic carbocycles. The van der Waals surface area contributed by atoms with Crippen molar-refractivity contribution in [2.24, 2.45) is 35.5 Å². The van der Waals surface area contributed by atoms with Crippen molar-refractivity contribution in [1.29, 1.82) is 0 Å². The molecule has 1 aromatic rings. The van der Waals surface area contributed by atoms with E-state index in [1.165, 1.54) is 4.90 Å². The Morgan fingerprint density at radius 2 is 1.62 bits per heavy atom. The third kappa shape index (κ3) is 2.38. The zero-order valence-electron chi connectivity index (χ0n) is 14.1. The number of carbonyl (C=O) groups excluding carboxylic acids is 3. The van der Waals surface area contributed by atoms with Crippen molar-refractivity contribution in [2.75, 3.05) is 11.9 Å². The number of hydrogen-bond acceptors (Lipinski definition) is 3. The van der Waals surface area contributed by atoms with Crippen molar-refractivity contribution in [1.82, 2.24) is 4.90 Å². The minimum absolute atomic E-state index is 0.0684. The number of anilines is 1. The first-order chi connectivity index (χ1) is 12.5. The maximum Gasteiger partial charge on any atom is 0.233 e. The van der Waals surface area contributed by atoms with E-state index in [9.17, 15) is 14.4 Å². The van der Waals surface area contributed by atoms with Crippen molar-refractivity contribution in [3.05, 3.63) is 40.9 Å². The van der Waals surface area contributed by atoms with Gasteiger partial charge in [-0.3, -0.25) is 19.3 Å². The number of carbonyl (C=O) groups is 3. The van der Waals surface area contributed by atoms with Crippen LogP contribution in [0.25, 0.3) is 0 Å². The fourth-order valence-electron chi connectivity index (χ4n) is 5.21. The van der Waals surface area contributed by atoms with Gasteiger partial charge < -0.3 is 5.32 Å². The predicted molar refractivity (Wildman–Crippen MR) is 98.8 cm³/mol. The first-order valence-corrected chi connectivity index (χ1v) is 9.93. The summed E-state index contributed by atoms with van der Waals surface area (Å²) in [5.41, 5.74) is 0.702. The lowest BCUT2D eigenvalue weighted by Gasteiger charge is -2.37. The van der Waals surface area contributed by atoms with Crippen LogP contribution in [0.5, 0.6) is 0 Å². The molecule has 6 heteroatoms. The van der Waals surface area contributed by atoms with Gasteiger partial charge in [-0.15, -0.1) is 0 Å². The topological polar surface area (TPSA) is 66.5 Å². The van der Waals surface area contributed by atoms with Gasteiger partial charge in [0.05, 0.1) is 11.8 Å². The summed E-state index contributed by atoms with van der Waals surface area (Å²) in [6.45, 7) is 0.168. The molecule has 3 fully saturated rings. The monoisotopic (exact) mass is 414 g/mol. The molecule has 0 aromatic heterocycles. The molecule has 5 nitrogen and oxygen atoms in total. The number of amides is 3. The van der Waals surface area contributed by atoms with Crippen LogP contribution in [0.3, 0.4) is 0 Å². The Bertz CT molecular complexity index is 798. The average molecular weight is 415 g/mol. The fourth-order valence-corrected chi connectivity index (χ4v) is 5.47. The number of hydrogen-bond donors (Lipinski definition) is 1. The molecule has 1 N–H and O–H groups in total. The van der Waals surface area contributed by atoms with Crippen LogP contribution < -0.4 is 5.32 Å². The number of nitrogens with one attached hydrogen (secondary N) is 1. The second-order valence-corrected chi connectivity index (χ2v) is 8.70. The molecule has 3 amide bonds. The van der Waals surface area contributed by atoms with Crippen LogP contribution in [0.1, 0.15) is 12.8 Å². The number of rotatable bonds is 4. The molecule has 5 aliphatic rings. The Morgan fingerprint density at radius 3 is 2.19 bits per heavy atom. The molecular formula is C20H19BrN2O3.